The fourth-order valence-corrected chi connectivity index (χ4v) is 1.37. The molecule has 0 spiro atoms. The second-order valence-corrected chi connectivity index (χ2v) is 3.77. The van der Waals surface area contributed by atoms with Gasteiger partial charge in [0.2, 0.25) is 5.65 Å². The van der Waals surface area contributed by atoms with Gasteiger partial charge in [-0.3, -0.25) is 4.40 Å². The minimum Gasteiger partial charge on any atom is -0.375 e. The van der Waals surface area contributed by atoms with Gasteiger partial charge in [0, 0.05) is 18.9 Å². The molecule has 6 nitrogen and oxygen atoms in total. The lowest BCUT2D eigenvalue weighted by Gasteiger charge is -2.06. The van der Waals surface area contributed by atoms with E-state index in [-0.39, 0.29) is 0 Å². The third-order valence-electron chi connectivity index (χ3n) is 2.10. The Morgan fingerprint density at radius 1 is 1.59 bits per heavy atom. The van der Waals surface area contributed by atoms with E-state index in [2.05, 4.69) is 27.1 Å². The minimum absolute atomic E-state index is 0.588. The third-order valence-corrected chi connectivity index (χ3v) is 2.10. The minimum atomic E-state index is 0.588. The fraction of sp³-hybridized carbons (Fsp3) is 0.364. The molecule has 17 heavy (non-hydrogen) atoms. The van der Waals surface area contributed by atoms with Crippen molar-refractivity contribution in [1.29, 1.82) is 0 Å². The van der Waals surface area contributed by atoms with Gasteiger partial charge in [-0.25, -0.2) is 4.98 Å². The summed E-state index contributed by atoms with van der Waals surface area (Å²) >= 11 is 0. The Hall–Kier alpha value is -1.95. The highest BCUT2D eigenvalue weighted by atomic mass is 16.5. The summed E-state index contributed by atoms with van der Waals surface area (Å²) in [5.74, 6) is 0.712. The summed E-state index contributed by atoms with van der Waals surface area (Å²) < 4.78 is 7.19. The zero-order valence-corrected chi connectivity index (χ0v) is 9.76. The van der Waals surface area contributed by atoms with E-state index in [0.29, 0.717) is 31.2 Å². The number of nitrogens with one attached hydrogen (secondary N) is 1. The molecule has 0 bridgehead atoms. The largest absolute Gasteiger partial charge is 0.375 e. The van der Waals surface area contributed by atoms with Gasteiger partial charge in [0.15, 0.2) is 5.82 Å². The molecule has 0 fully saturated rings. The first-order valence-corrected chi connectivity index (χ1v) is 5.37. The molecular weight excluding hydrogens is 218 g/mol. The van der Waals surface area contributed by atoms with Crippen LogP contribution in [-0.2, 0) is 4.74 Å². The van der Waals surface area contributed by atoms with Gasteiger partial charge >= 0.3 is 0 Å². The molecule has 0 saturated heterocycles. The summed E-state index contributed by atoms with van der Waals surface area (Å²) in [6.07, 6.45) is 5.14. The Balaban J connectivity index is 1.86. The average Bonchev–Trinajstić information content (AvgIpc) is 2.77. The highest BCUT2D eigenvalue weighted by Gasteiger charge is 2.03. The van der Waals surface area contributed by atoms with Gasteiger partial charge in [-0.15, -0.1) is 10.2 Å². The zero-order chi connectivity index (χ0) is 12.1. The molecule has 0 unspecified atom stereocenters. The SMILES string of the molecule is C=C(C)COCCNc1nccn2cnnc12. The Morgan fingerprint density at radius 3 is 3.29 bits per heavy atom. The van der Waals surface area contributed by atoms with Crippen LogP contribution in [0.15, 0.2) is 30.9 Å². The average molecular weight is 233 g/mol. The van der Waals surface area contributed by atoms with Crippen LogP contribution >= 0.6 is 0 Å². The van der Waals surface area contributed by atoms with Crippen LogP contribution < -0.4 is 5.32 Å². The third kappa shape index (κ3) is 3.01. The van der Waals surface area contributed by atoms with Crippen LogP contribution in [-0.4, -0.2) is 39.3 Å². The van der Waals surface area contributed by atoms with E-state index in [0.717, 1.165) is 5.57 Å². The predicted octanol–water partition coefficient (Wildman–Crippen LogP) is 1.13. The number of hydrogen-bond donors (Lipinski definition) is 1. The van der Waals surface area contributed by atoms with E-state index in [9.17, 15) is 0 Å². The standard InChI is InChI=1S/C11H15N5O/c1-9(2)7-17-6-4-13-10-11-15-14-8-16(11)5-3-12-10/h3,5,8H,1,4,6-7H2,2H3,(H,12,13). The van der Waals surface area contributed by atoms with Gasteiger partial charge in [0.05, 0.1) is 13.2 Å². The van der Waals surface area contributed by atoms with Crippen LogP contribution in [0.3, 0.4) is 0 Å². The van der Waals surface area contributed by atoms with Gasteiger partial charge in [-0.05, 0) is 6.92 Å². The maximum absolute atomic E-state index is 5.38. The number of hydrogen-bond acceptors (Lipinski definition) is 5. The summed E-state index contributed by atoms with van der Waals surface area (Å²) in [7, 11) is 0. The summed E-state index contributed by atoms with van der Waals surface area (Å²) in [5.41, 5.74) is 1.73. The van der Waals surface area contributed by atoms with Gasteiger partial charge in [0.25, 0.3) is 0 Å². The maximum atomic E-state index is 5.38. The smallest absolute Gasteiger partial charge is 0.203 e. The van der Waals surface area contributed by atoms with Crippen molar-refractivity contribution in [3.05, 3.63) is 30.9 Å². The molecule has 6 heteroatoms. The first-order chi connectivity index (χ1) is 8.27. The van der Waals surface area contributed by atoms with E-state index in [4.69, 9.17) is 4.74 Å². The monoisotopic (exact) mass is 233 g/mol. The first-order valence-electron chi connectivity index (χ1n) is 5.37. The second-order valence-electron chi connectivity index (χ2n) is 3.77. The van der Waals surface area contributed by atoms with Crippen molar-refractivity contribution < 1.29 is 4.74 Å². The Labute approximate surface area is 99.3 Å². The molecule has 0 aliphatic heterocycles. The zero-order valence-electron chi connectivity index (χ0n) is 9.76. The van der Waals surface area contributed by atoms with Gasteiger partial charge < -0.3 is 10.1 Å². The number of fused-ring (bicyclic) bond motifs is 1. The van der Waals surface area contributed by atoms with Gasteiger partial charge in [-0.1, -0.05) is 12.2 Å². The van der Waals surface area contributed by atoms with E-state index in [1.54, 1.807) is 18.7 Å². The first kappa shape index (κ1) is 11.5. The van der Waals surface area contributed by atoms with Crippen molar-refractivity contribution in [1.82, 2.24) is 19.6 Å². The van der Waals surface area contributed by atoms with Crippen LogP contribution in [0, 0.1) is 0 Å². The molecule has 0 radical (unpaired) electrons. The molecular formula is C11H15N5O. The molecule has 0 aliphatic rings. The summed E-state index contributed by atoms with van der Waals surface area (Å²) in [6, 6.07) is 0. The molecule has 2 aromatic heterocycles. The second kappa shape index (κ2) is 5.40. The maximum Gasteiger partial charge on any atom is 0.203 e. The number of nitrogens with zero attached hydrogens (tertiary/aromatic N) is 4. The molecule has 0 saturated carbocycles. The van der Waals surface area contributed by atoms with Crippen LogP contribution in [0.4, 0.5) is 5.82 Å². The van der Waals surface area contributed by atoms with Crippen molar-refractivity contribution in [3.63, 3.8) is 0 Å². The highest BCUT2D eigenvalue weighted by molar-refractivity contribution is 5.61. The van der Waals surface area contributed by atoms with Gasteiger partial charge in [-0.2, -0.15) is 0 Å². The Bertz CT molecular complexity index is 507. The molecule has 2 heterocycles. The fourth-order valence-electron chi connectivity index (χ4n) is 1.37. The molecule has 0 amide bonds. The van der Waals surface area contributed by atoms with Crippen molar-refractivity contribution in [3.8, 4) is 0 Å². The van der Waals surface area contributed by atoms with Crippen molar-refractivity contribution in [2.75, 3.05) is 25.1 Å². The molecule has 2 rings (SSSR count). The predicted molar refractivity (Wildman–Crippen MR) is 64.9 cm³/mol. The lowest BCUT2D eigenvalue weighted by Crippen LogP contribution is -2.12. The normalized spacial score (nSPS) is 10.6. The Morgan fingerprint density at radius 2 is 2.47 bits per heavy atom. The molecule has 2 aromatic rings. The van der Waals surface area contributed by atoms with Gasteiger partial charge in [0.1, 0.15) is 6.33 Å². The van der Waals surface area contributed by atoms with E-state index in [1.165, 1.54) is 0 Å². The Kier molecular flexibility index (Phi) is 3.66. The molecule has 0 aliphatic carbocycles. The lowest BCUT2D eigenvalue weighted by atomic mass is 10.4. The number of anilines is 1. The highest BCUT2D eigenvalue weighted by Crippen LogP contribution is 2.08. The number of rotatable bonds is 6. The molecule has 0 atom stereocenters. The summed E-state index contributed by atoms with van der Waals surface area (Å²) in [5, 5.41) is 11.0. The summed E-state index contributed by atoms with van der Waals surface area (Å²) in [6.45, 7) is 7.56. The van der Waals surface area contributed by atoms with E-state index < -0.39 is 0 Å². The molecule has 0 aromatic carbocycles. The van der Waals surface area contributed by atoms with Crippen molar-refractivity contribution >= 4 is 11.5 Å². The summed E-state index contributed by atoms with van der Waals surface area (Å²) in [4.78, 5) is 4.20. The van der Waals surface area contributed by atoms with E-state index >= 15 is 0 Å². The van der Waals surface area contributed by atoms with Crippen LogP contribution in [0.5, 0.6) is 0 Å². The topological polar surface area (TPSA) is 64.3 Å². The number of ether oxygens (including phenoxy) is 1. The van der Waals surface area contributed by atoms with Crippen LogP contribution in [0.25, 0.3) is 5.65 Å². The lowest BCUT2D eigenvalue weighted by molar-refractivity contribution is 0.167. The molecule has 90 valence electrons. The van der Waals surface area contributed by atoms with Crippen molar-refractivity contribution in [2.45, 2.75) is 6.92 Å². The molecule has 1 N–H and O–H groups in total. The number of aromatic nitrogens is 4. The van der Waals surface area contributed by atoms with Crippen molar-refractivity contribution in [2.24, 2.45) is 0 Å². The van der Waals surface area contributed by atoms with Crippen LogP contribution in [0.1, 0.15) is 6.92 Å². The quantitative estimate of drug-likeness (QED) is 0.598. The van der Waals surface area contributed by atoms with E-state index in [1.807, 2.05) is 11.3 Å². The van der Waals surface area contributed by atoms with Crippen LogP contribution in [0.2, 0.25) is 0 Å².